The Morgan fingerprint density at radius 3 is 2.68 bits per heavy atom. The molecule has 0 amide bonds. The zero-order valence-corrected chi connectivity index (χ0v) is 13.8. The van der Waals surface area contributed by atoms with Crippen LogP contribution in [0.15, 0.2) is 11.6 Å². The van der Waals surface area contributed by atoms with Crippen molar-refractivity contribution in [3.8, 4) is 0 Å². The van der Waals surface area contributed by atoms with E-state index in [-0.39, 0.29) is 23.7 Å². The van der Waals surface area contributed by atoms with Crippen LogP contribution in [0.4, 0.5) is 0 Å². The summed E-state index contributed by atoms with van der Waals surface area (Å²) in [5, 5.41) is 31.4. The molecule has 22 heavy (non-hydrogen) atoms. The summed E-state index contributed by atoms with van der Waals surface area (Å²) in [5.41, 5.74) is 1.30. The molecule has 4 aliphatic rings. The first-order valence-corrected chi connectivity index (χ1v) is 9.16. The Hall–Kier alpha value is -0.380. The lowest BCUT2D eigenvalue weighted by molar-refractivity contribution is -0.0870. The molecule has 3 fully saturated rings. The van der Waals surface area contributed by atoms with Gasteiger partial charge in [0.05, 0.1) is 18.3 Å². The number of hydrogen-bond donors (Lipinski definition) is 3. The molecular weight excluding hydrogens is 276 g/mol. The van der Waals surface area contributed by atoms with Crippen molar-refractivity contribution in [1.29, 1.82) is 0 Å². The standard InChI is InChI=1S/C19H30O3/c1-10-7-15-17-14(5-6-19(15,2)18(10)22)13-4-3-12(20)8-11(13)9-16(17)21/h9-10,12-18,20-22H,3-8H2,1-2H3/t10-,12-,13+,14?,15?,16+,17?,18+,19+/m1/s1. The minimum atomic E-state index is -0.385. The molecule has 0 radical (unpaired) electrons. The topological polar surface area (TPSA) is 60.7 Å². The van der Waals surface area contributed by atoms with E-state index < -0.39 is 0 Å². The molecule has 0 aromatic carbocycles. The van der Waals surface area contributed by atoms with E-state index in [4.69, 9.17) is 0 Å². The van der Waals surface area contributed by atoms with Crippen LogP contribution >= 0.6 is 0 Å². The van der Waals surface area contributed by atoms with Crippen molar-refractivity contribution in [2.45, 2.75) is 70.7 Å². The monoisotopic (exact) mass is 306 g/mol. The van der Waals surface area contributed by atoms with E-state index in [1.807, 2.05) is 0 Å². The molecule has 0 saturated heterocycles. The largest absolute Gasteiger partial charge is 0.393 e. The molecule has 0 aromatic rings. The maximum absolute atomic E-state index is 10.8. The maximum atomic E-state index is 10.8. The van der Waals surface area contributed by atoms with E-state index in [2.05, 4.69) is 19.9 Å². The Balaban J connectivity index is 1.68. The Morgan fingerprint density at radius 1 is 1.14 bits per heavy atom. The zero-order valence-electron chi connectivity index (χ0n) is 13.8. The van der Waals surface area contributed by atoms with Crippen molar-refractivity contribution >= 4 is 0 Å². The second-order valence-corrected chi connectivity index (χ2v) is 8.82. The Kier molecular flexibility index (Phi) is 3.49. The molecule has 124 valence electrons. The second-order valence-electron chi connectivity index (χ2n) is 8.82. The van der Waals surface area contributed by atoms with Crippen molar-refractivity contribution in [1.82, 2.24) is 0 Å². The lowest BCUT2D eigenvalue weighted by Gasteiger charge is -2.54. The lowest BCUT2D eigenvalue weighted by Crippen LogP contribution is -2.51. The highest BCUT2D eigenvalue weighted by Crippen LogP contribution is 2.62. The summed E-state index contributed by atoms with van der Waals surface area (Å²) in [6, 6.07) is 0. The minimum Gasteiger partial charge on any atom is -0.393 e. The molecule has 9 atom stereocenters. The zero-order chi connectivity index (χ0) is 15.6. The van der Waals surface area contributed by atoms with Crippen LogP contribution in [0.2, 0.25) is 0 Å². The maximum Gasteiger partial charge on any atom is 0.0757 e. The summed E-state index contributed by atoms with van der Waals surface area (Å²) >= 11 is 0. The molecule has 0 heterocycles. The molecule has 3 heteroatoms. The predicted octanol–water partition coefficient (Wildman–Crippen LogP) is 2.50. The fourth-order valence-electron chi connectivity index (χ4n) is 6.62. The van der Waals surface area contributed by atoms with Gasteiger partial charge in [0, 0.05) is 0 Å². The molecule has 3 saturated carbocycles. The first-order chi connectivity index (χ1) is 10.4. The highest BCUT2D eigenvalue weighted by atomic mass is 16.3. The van der Waals surface area contributed by atoms with Crippen LogP contribution in [0.1, 0.15) is 52.4 Å². The van der Waals surface area contributed by atoms with Gasteiger partial charge in [0.25, 0.3) is 0 Å². The van der Waals surface area contributed by atoms with Crippen LogP contribution in [0.3, 0.4) is 0 Å². The Morgan fingerprint density at radius 2 is 1.91 bits per heavy atom. The third-order valence-corrected chi connectivity index (χ3v) is 7.72. The smallest absolute Gasteiger partial charge is 0.0757 e. The van der Waals surface area contributed by atoms with Gasteiger partial charge in [-0.1, -0.05) is 25.5 Å². The number of rotatable bonds is 0. The van der Waals surface area contributed by atoms with Gasteiger partial charge in [-0.3, -0.25) is 0 Å². The van der Waals surface area contributed by atoms with Gasteiger partial charge in [-0.05, 0) is 73.5 Å². The fourth-order valence-corrected chi connectivity index (χ4v) is 6.62. The van der Waals surface area contributed by atoms with Gasteiger partial charge in [-0.15, -0.1) is 0 Å². The van der Waals surface area contributed by atoms with Crippen LogP contribution in [0.5, 0.6) is 0 Å². The van der Waals surface area contributed by atoms with Gasteiger partial charge in [0.2, 0.25) is 0 Å². The summed E-state index contributed by atoms with van der Waals surface area (Å²) in [4.78, 5) is 0. The van der Waals surface area contributed by atoms with Gasteiger partial charge >= 0.3 is 0 Å². The Labute approximate surface area is 133 Å². The number of fused-ring (bicyclic) bond motifs is 5. The van der Waals surface area contributed by atoms with Crippen LogP contribution in [-0.4, -0.2) is 33.6 Å². The van der Waals surface area contributed by atoms with E-state index in [0.29, 0.717) is 29.6 Å². The highest BCUT2D eigenvalue weighted by molar-refractivity contribution is 5.23. The lowest BCUT2D eigenvalue weighted by atomic mass is 9.52. The van der Waals surface area contributed by atoms with Crippen molar-refractivity contribution in [2.75, 3.05) is 0 Å². The summed E-state index contributed by atoms with van der Waals surface area (Å²) in [6.07, 6.45) is 7.24. The van der Waals surface area contributed by atoms with Crippen molar-refractivity contribution < 1.29 is 15.3 Å². The third kappa shape index (κ3) is 1.98. The van der Waals surface area contributed by atoms with Crippen LogP contribution < -0.4 is 0 Å². The summed E-state index contributed by atoms with van der Waals surface area (Å²) in [5.74, 6) is 2.21. The van der Waals surface area contributed by atoms with Crippen molar-refractivity contribution in [3.05, 3.63) is 11.6 Å². The van der Waals surface area contributed by atoms with Crippen molar-refractivity contribution in [3.63, 3.8) is 0 Å². The SMILES string of the molecule is C[C@@H]1CC2C3C(CC[C@]2(C)[C@H]1O)[C@H]1CC[C@@H](O)CC1=C[C@@H]3O. The predicted molar refractivity (Wildman–Crippen MR) is 85.0 cm³/mol. The van der Waals surface area contributed by atoms with Gasteiger partial charge in [-0.25, -0.2) is 0 Å². The molecule has 0 aromatic heterocycles. The van der Waals surface area contributed by atoms with Gasteiger partial charge in [-0.2, -0.15) is 0 Å². The second kappa shape index (κ2) is 5.06. The Bertz CT molecular complexity index is 487. The molecule has 0 aliphatic heterocycles. The minimum absolute atomic E-state index is 0.0128. The molecular formula is C19H30O3. The van der Waals surface area contributed by atoms with E-state index in [0.717, 1.165) is 38.5 Å². The van der Waals surface area contributed by atoms with Crippen LogP contribution in [0, 0.1) is 35.0 Å². The van der Waals surface area contributed by atoms with Gasteiger partial charge in [0.1, 0.15) is 0 Å². The number of aliphatic hydroxyl groups is 3. The number of aliphatic hydroxyl groups excluding tert-OH is 3. The molecule has 3 nitrogen and oxygen atoms in total. The normalized spacial score (nSPS) is 57.6. The fraction of sp³-hybridized carbons (Fsp3) is 0.895. The van der Waals surface area contributed by atoms with E-state index >= 15 is 0 Å². The summed E-state index contributed by atoms with van der Waals surface area (Å²) in [7, 11) is 0. The van der Waals surface area contributed by atoms with Crippen LogP contribution in [-0.2, 0) is 0 Å². The molecule has 3 N–H and O–H groups in total. The molecule has 4 rings (SSSR count). The van der Waals surface area contributed by atoms with E-state index in [9.17, 15) is 15.3 Å². The molecule has 0 spiro atoms. The van der Waals surface area contributed by atoms with Crippen molar-refractivity contribution in [2.24, 2.45) is 35.0 Å². The summed E-state index contributed by atoms with van der Waals surface area (Å²) < 4.78 is 0. The van der Waals surface area contributed by atoms with E-state index in [1.54, 1.807) is 0 Å². The first-order valence-electron chi connectivity index (χ1n) is 9.16. The molecule has 3 unspecified atom stereocenters. The average Bonchev–Trinajstić information content (AvgIpc) is 2.70. The quantitative estimate of drug-likeness (QED) is 0.603. The summed E-state index contributed by atoms with van der Waals surface area (Å²) in [6.45, 7) is 4.41. The van der Waals surface area contributed by atoms with Crippen LogP contribution in [0.25, 0.3) is 0 Å². The van der Waals surface area contributed by atoms with E-state index in [1.165, 1.54) is 5.57 Å². The first kappa shape index (κ1) is 15.2. The van der Waals surface area contributed by atoms with Gasteiger partial charge in [0.15, 0.2) is 0 Å². The molecule has 4 aliphatic carbocycles. The van der Waals surface area contributed by atoms with Gasteiger partial charge < -0.3 is 15.3 Å². The molecule has 0 bridgehead atoms. The third-order valence-electron chi connectivity index (χ3n) is 7.72. The average molecular weight is 306 g/mol. The number of hydrogen-bond acceptors (Lipinski definition) is 3. The highest BCUT2D eigenvalue weighted by Gasteiger charge is 2.59.